The van der Waals surface area contributed by atoms with Crippen molar-refractivity contribution in [2.24, 2.45) is 0 Å². The van der Waals surface area contributed by atoms with Crippen LogP contribution in [0, 0.1) is 6.92 Å². The van der Waals surface area contributed by atoms with Crippen LogP contribution in [0.4, 0.5) is 0 Å². The molecule has 3 aromatic rings. The van der Waals surface area contributed by atoms with E-state index in [1.165, 1.54) is 0 Å². The lowest BCUT2D eigenvalue weighted by atomic mass is 10.2. The molecular weight excluding hydrogens is 348 g/mol. The maximum absolute atomic E-state index is 12.5. The minimum atomic E-state index is -0.344. The van der Waals surface area contributed by atoms with E-state index in [4.69, 9.17) is 13.9 Å². The number of hydrogen-bond acceptors (Lipinski definition) is 6. The van der Waals surface area contributed by atoms with E-state index >= 15 is 0 Å². The zero-order valence-corrected chi connectivity index (χ0v) is 14.9. The molecule has 4 rings (SSSR count). The summed E-state index contributed by atoms with van der Waals surface area (Å²) < 4.78 is 17.5. The van der Waals surface area contributed by atoms with E-state index in [2.05, 4.69) is 15.4 Å². The molecule has 8 nitrogen and oxygen atoms in total. The van der Waals surface area contributed by atoms with Crippen LogP contribution in [-0.4, -0.2) is 46.7 Å². The molecule has 0 saturated carbocycles. The summed E-state index contributed by atoms with van der Waals surface area (Å²) in [6, 6.07) is 9.62. The highest BCUT2D eigenvalue weighted by molar-refractivity contribution is 5.91. The number of carbonyl (C=O) groups excluding carboxylic acids is 1. The lowest BCUT2D eigenvalue weighted by Gasteiger charge is -2.08. The van der Waals surface area contributed by atoms with Gasteiger partial charge in [0.15, 0.2) is 12.1 Å². The number of benzene rings is 1. The summed E-state index contributed by atoms with van der Waals surface area (Å²) in [6.07, 6.45) is 3.46. The molecule has 1 saturated heterocycles. The number of aryl methyl sites for hydroxylation is 1. The summed E-state index contributed by atoms with van der Waals surface area (Å²) >= 11 is 0. The maximum Gasteiger partial charge on any atom is 0.290 e. The van der Waals surface area contributed by atoms with E-state index in [0.717, 1.165) is 16.8 Å². The Balaban J connectivity index is 1.55. The van der Waals surface area contributed by atoms with Crippen LogP contribution in [0.3, 0.4) is 0 Å². The topological polar surface area (TPSA) is 91.4 Å². The summed E-state index contributed by atoms with van der Waals surface area (Å²) in [7, 11) is 0. The summed E-state index contributed by atoms with van der Waals surface area (Å²) in [5, 5.41) is 7.22. The second-order valence-corrected chi connectivity index (χ2v) is 6.23. The Hall–Kier alpha value is -2.97. The molecule has 0 radical (unpaired) electrons. The van der Waals surface area contributed by atoms with Crippen molar-refractivity contribution in [3.8, 4) is 17.1 Å². The molecule has 1 aromatic carbocycles. The minimum Gasteiger partial charge on any atom is -0.472 e. The molecule has 27 heavy (non-hydrogen) atoms. The van der Waals surface area contributed by atoms with Gasteiger partial charge >= 0.3 is 0 Å². The number of aromatic nitrogens is 3. The van der Waals surface area contributed by atoms with Gasteiger partial charge in [-0.1, -0.05) is 17.7 Å². The highest BCUT2D eigenvalue weighted by atomic mass is 16.7. The molecular formula is C19H20N4O4. The van der Waals surface area contributed by atoms with E-state index in [0.29, 0.717) is 32.0 Å². The highest BCUT2D eigenvalue weighted by Crippen LogP contribution is 2.22. The van der Waals surface area contributed by atoms with Crippen molar-refractivity contribution in [3.63, 3.8) is 0 Å². The van der Waals surface area contributed by atoms with Gasteiger partial charge in [-0.05, 0) is 25.1 Å². The fraction of sp³-hybridized carbons (Fsp3) is 0.316. The van der Waals surface area contributed by atoms with E-state index in [-0.39, 0.29) is 18.0 Å². The smallest absolute Gasteiger partial charge is 0.290 e. The number of hydrogen-bond donors (Lipinski definition) is 1. The van der Waals surface area contributed by atoms with Crippen LogP contribution in [0.5, 0.6) is 0 Å². The molecule has 0 aliphatic carbocycles. The zero-order valence-electron chi connectivity index (χ0n) is 14.9. The van der Waals surface area contributed by atoms with E-state index in [9.17, 15) is 4.79 Å². The van der Waals surface area contributed by atoms with Gasteiger partial charge in [0, 0.05) is 13.0 Å². The van der Waals surface area contributed by atoms with Crippen molar-refractivity contribution in [1.82, 2.24) is 20.1 Å². The van der Waals surface area contributed by atoms with Gasteiger partial charge in [0.2, 0.25) is 5.82 Å². The first-order valence-electron chi connectivity index (χ1n) is 8.79. The molecule has 140 valence electrons. The Labute approximate surface area is 156 Å². The van der Waals surface area contributed by atoms with Crippen molar-refractivity contribution in [2.45, 2.75) is 19.6 Å². The normalized spacial score (nSPS) is 14.6. The predicted molar refractivity (Wildman–Crippen MR) is 96.4 cm³/mol. The van der Waals surface area contributed by atoms with E-state index in [1.54, 1.807) is 23.3 Å². The Morgan fingerprint density at radius 3 is 2.70 bits per heavy atom. The number of amides is 1. The number of ether oxygens (including phenoxy) is 2. The molecule has 2 aromatic heterocycles. The van der Waals surface area contributed by atoms with Gasteiger partial charge in [-0.2, -0.15) is 0 Å². The first-order chi connectivity index (χ1) is 13.2. The van der Waals surface area contributed by atoms with Crippen molar-refractivity contribution in [3.05, 3.63) is 54.2 Å². The summed E-state index contributed by atoms with van der Waals surface area (Å²) in [5.74, 6) is 0.295. The third-order valence-electron chi connectivity index (χ3n) is 4.22. The van der Waals surface area contributed by atoms with Gasteiger partial charge in [-0.15, -0.1) is 5.10 Å². The van der Waals surface area contributed by atoms with Crippen LogP contribution in [0.25, 0.3) is 17.1 Å². The third-order valence-corrected chi connectivity index (χ3v) is 4.22. The van der Waals surface area contributed by atoms with Gasteiger partial charge < -0.3 is 19.2 Å². The zero-order chi connectivity index (χ0) is 18.6. The van der Waals surface area contributed by atoms with Crippen molar-refractivity contribution in [1.29, 1.82) is 0 Å². The third kappa shape index (κ3) is 3.91. The Kier molecular flexibility index (Phi) is 4.99. The lowest BCUT2D eigenvalue weighted by Crippen LogP contribution is -2.28. The minimum absolute atomic E-state index is 0.0973. The summed E-state index contributed by atoms with van der Waals surface area (Å²) in [5.41, 5.74) is 2.70. The van der Waals surface area contributed by atoms with Crippen molar-refractivity contribution < 1.29 is 18.7 Å². The molecule has 1 N–H and O–H groups in total. The molecule has 8 heteroatoms. The van der Waals surface area contributed by atoms with Crippen LogP contribution < -0.4 is 5.32 Å². The summed E-state index contributed by atoms with van der Waals surface area (Å²) in [6.45, 7) is 3.62. The largest absolute Gasteiger partial charge is 0.472 e. The lowest BCUT2D eigenvalue weighted by molar-refractivity contribution is -0.0455. The van der Waals surface area contributed by atoms with Gasteiger partial charge in [-0.25, -0.2) is 9.67 Å². The number of furan rings is 1. The number of nitrogens with one attached hydrogen (secondary N) is 1. The Morgan fingerprint density at radius 2 is 2.00 bits per heavy atom. The molecule has 1 amide bonds. The fourth-order valence-corrected chi connectivity index (χ4v) is 2.81. The Bertz CT molecular complexity index is 896. The van der Waals surface area contributed by atoms with Crippen LogP contribution in [0.15, 0.2) is 47.3 Å². The molecule has 0 atom stereocenters. The molecule has 3 heterocycles. The number of carbonyl (C=O) groups is 1. The summed E-state index contributed by atoms with van der Waals surface area (Å²) in [4.78, 5) is 16.9. The first kappa shape index (κ1) is 17.4. The SMILES string of the molecule is Cc1ccc(-n2nc(C(=O)NCCC3OCCO3)nc2-c2ccoc2)cc1. The van der Waals surface area contributed by atoms with Crippen LogP contribution in [0.2, 0.25) is 0 Å². The first-order valence-corrected chi connectivity index (χ1v) is 8.79. The highest BCUT2D eigenvalue weighted by Gasteiger charge is 2.20. The molecule has 1 fully saturated rings. The molecule has 1 aliphatic heterocycles. The average molecular weight is 368 g/mol. The van der Waals surface area contributed by atoms with Crippen LogP contribution in [0.1, 0.15) is 22.6 Å². The fourth-order valence-electron chi connectivity index (χ4n) is 2.81. The molecule has 1 aliphatic rings. The second-order valence-electron chi connectivity index (χ2n) is 6.23. The molecule has 0 bridgehead atoms. The van der Waals surface area contributed by atoms with Gasteiger partial charge in [0.25, 0.3) is 5.91 Å². The predicted octanol–water partition coefficient (Wildman–Crippen LogP) is 2.33. The quantitative estimate of drug-likeness (QED) is 0.718. The van der Waals surface area contributed by atoms with E-state index in [1.807, 2.05) is 31.2 Å². The molecule has 0 unspecified atom stereocenters. The average Bonchev–Trinajstić information content (AvgIpc) is 3.43. The number of rotatable bonds is 6. The monoisotopic (exact) mass is 368 g/mol. The van der Waals surface area contributed by atoms with Crippen LogP contribution in [-0.2, 0) is 9.47 Å². The van der Waals surface area contributed by atoms with E-state index < -0.39 is 0 Å². The standard InChI is InChI=1S/C19H20N4O4/c1-13-2-4-15(5-3-13)23-18(14-7-9-25-12-14)21-17(22-23)19(24)20-8-6-16-26-10-11-27-16/h2-5,7,9,12,16H,6,8,10-11H2,1H3,(H,20,24). The molecule has 0 spiro atoms. The van der Waals surface area contributed by atoms with Crippen molar-refractivity contribution >= 4 is 5.91 Å². The van der Waals surface area contributed by atoms with Crippen LogP contribution >= 0.6 is 0 Å². The van der Waals surface area contributed by atoms with Gasteiger partial charge in [-0.3, -0.25) is 4.79 Å². The Morgan fingerprint density at radius 1 is 1.22 bits per heavy atom. The van der Waals surface area contributed by atoms with Gasteiger partial charge in [0.05, 0.1) is 30.7 Å². The van der Waals surface area contributed by atoms with Gasteiger partial charge in [0.1, 0.15) is 6.26 Å². The second kappa shape index (κ2) is 7.73. The van der Waals surface area contributed by atoms with Crippen molar-refractivity contribution in [2.75, 3.05) is 19.8 Å². The maximum atomic E-state index is 12.5. The number of nitrogens with zero attached hydrogens (tertiary/aromatic N) is 3.